The SMILES string of the molecule is Cl.Cl.Nc1cc(C(F)(F)F)ccc1N1CCCC1. The molecule has 18 heavy (non-hydrogen) atoms. The minimum absolute atomic E-state index is 0. The summed E-state index contributed by atoms with van der Waals surface area (Å²) >= 11 is 0. The van der Waals surface area contributed by atoms with Gasteiger partial charge in [-0.05, 0) is 31.0 Å². The van der Waals surface area contributed by atoms with Crippen LogP contribution in [0.25, 0.3) is 0 Å². The molecule has 2 rings (SSSR count). The fourth-order valence-corrected chi connectivity index (χ4v) is 1.98. The molecule has 2 nitrogen and oxygen atoms in total. The van der Waals surface area contributed by atoms with Crippen LogP contribution in [0.1, 0.15) is 18.4 Å². The van der Waals surface area contributed by atoms with E-state index >= 15 is 0 Å². The summed E-state index contributed by atoms with van der Waals surface area (Å²) in [6, 6.07) is 3.56. The van der Waals surface area contributed by atoms with Crippen LogP contribution < -0.4 is 10.6 Å². The van der Waals surface area contributed by atoms with E-state index in [2.05, 4.69) is 0 Å². The van der Waals surface area contributed by atoms with Crippen molar-refractivity contribution in [2.24, 2.45) is 0 Å². The first-order valence-electron chi connectivity index (χ1n) is 5.20. The molecular weight excluding hydrogens is 288 g/mol. The Balaban J connectivity index is 0.00000144. The normalized spacial score (nSPS) is 14.9. The largest absolute Gasteiger partial charge is 0.416 e. The van der Waals surface area contributed by atoms with Gasteiger partial charge in [-0.3, -0.25) is 0 Å². The highest BCUT2D eigenvalue weighted by Crippen LogP contribution is 2.34. The van der Waals surface area contributed by atoms with Gasteiger partial charge in [0.15, 0.2) is 0 Å². The third-order valence-corrected chi connectivity index (χ3v) is 2.80. The van der Waals surface area contributed by atoms with Crippen molar-refractivity contribution in [1.82, 2.24) is 0 Å². The molecular formula is C11H15Cl2F3N2. The van der Waals surface area contributed by atoms with E-state index in [1.807, 2.05) is 4.90 Å². The van der Waals surface area contributed by atoms with Crippen LogP contribution in [-0.2, 0) is 6.18 Å². The number of nitrogens with two attached hydrogens (primary N) is 1. The molecule has 1 aromatic carbocycles. The Morgan fingerprint density at radius 1 is 1.06 bits per heavy atom. The van der Waals surface area contributed by atoms with Gasteiger partial charge in [-0.1, -0.05) is 0 Å². The Morgan fingerprint density at radius 2 is 1.61 bits per heavy atom. The van der Waals surface area contributed by atoms with E-state index in [0.29, 0.717) is 5.69 Å². The van der Waals surface area contributed by atoms with Crippen molar-refractivity contribution in [3.63, 3.8) is 0 Å². The molecule has 104 valence electrons. The molecule has 1 fully saturated rings. The molecule has 7 heteroatoms. The van der Waals surface area contributed by atoms with Crippen LogP contribution in [0.2, 0.25) is 0 Å². The van der Waals surface area contributed by atoms with Crippen molar-refractivity contribution in [3.8, 4) is 0 Å². The summed E-state index contributed by atoms with van der Waals surface area (Å²) in [7, 11) is 0. The van der Waals surface area contributed by atoms with Crippen LogP contribution >= 0.6 is 24.8 Å². The maximum atomic E-state index is 12.4. The molecule has 0 amide bonds. The fourth-order valence-electron chi connectivity index (χ4n) is 1.98. The lowest BCUT2D eigenvalue weighted by Crippen LogP contribution is -2.19. The number of alkyl halides is 3. The van der Waals surface area contributed by atoms with Gasteiger partial charge in [-0.15, -0.1) is 24.8 Å². The predicted octanol–water partition coefficient (Wildman–Crippen LogP) is 3.73. The molecule has 0 saturated carbocycles. The molecule has 1 aliphatic rings. The third kappa shape index (κ3) is 3.59. The third-order valence-electron chi connectivity index (χ3n) is 2.80. The first-order chi connectivity index (χ1) is 7.48. The standard InChI is InChI=1S/C11H13F3N2.2ClH/c12-11(13,14)8-3-4-10(9(15)7-8)16-5-1-2-6-16;;/h3-4,7H,1-2,5-6,15H2;2*1H. The van der Waals surface area contributed by atoms with Gasteiger partial charge in [-0.25, -0.2) is 0 Å². The van der Waals surface area contributed by atoms with Crippen molar-refractivity contribution in [1.29, 1.82) is 0 Å². The first kappa shape index (κ1) is 17.2. The molecule has 2 N–H and O–H groups in total. The number of anilines is 2. The number of halogens is 5. The summed E-state index contributed by atoms with van der Waals surface area (Å²) in [5.74, 6) is 0. The average molecular weight is 303 g/mol. The zero-order chi connectivity index (χ0) is 11.8. The van der Waals surface area contributed by atoms with E-state index in [0.717, 1.165) is 38.1 Å². The lowest BCUT2D eigenvalue weighted by Gasteiger charge is -2.20. The van der Waals surface area contributed by atoms with Crippen molar-refractivity contribution in [2.75, 3.05) is 23.7 Å². The van der Waals surface area contributed by atoms with Gasteiger partial charge in [0.1, 0.15) is 0 Å². The Labute approximate surface area is 116 Å². The number of nitrogen functional groups attached to an aromatic ring is 1. The Bertz CT molecular complexity index is 390. The number of benzene rings is 1. The number of rotatable bonds is 1. The molecule has 0 bridgehead atoms. The van der Waals surface area contributed by atoms with Gasteiger partial charge < -0.3 is 10.6 Å². The van der Waals surface area contributed by atoms with E-state index in [1.54, 1.807) is 0 Å². The first-order valence-corrected chi connectivity index (χ1v) is 5.20. The van der Waals surface area contributed by atoms with Crippen LogP contribution in [0, 0.1) is 0 Å². The maximum absolute atomic E-state index is 12.4. The second-order valence-electron chi connectivity index (χ2n) is 3.97. The Morgan fingerprint density at radius 3 is 2.06 bits per heavy atom. The van der Waals surface area contributed by atoms with Gasteiger partial charge >= 0.3 is 6.18 Å². The smallest absolute Gasteiger partial charge is 0.397 e. The van der Waals surface area contributed by atoms with Crippen LogP contribution in [0.15, 0.2) is 18.2 Å². The topological polar surface area (TPSA) is 29.3 Å². The quantitative estimate of drug-likeness (QED) is 0.801. The van der Waals surface area contributed by atoms with Crippen LogP contribution in [0.3, 0.4) is 0 Å². The highest BCUT2D eigenvalue weighted by molar-refractivity contribution is 5.85. The van der Waals surface area contributed by atoms with Gasteiger partial charge in [-0.2, -0.15) is 13.2 Å². The Kier molecular flexibility index (Phi) is 6.10. The van der Waals surface area contributed by atoms with Gasteiger partial charge in [0.2, 0.25) is 0 Å². The van der Waals surface area contributed by atoms with Crippen LogP contribution in [-0.4, -0.2) is 13.1 Å². The average Bonchev–Trinajstić information content (AvgIpc) is 2.69. The second-order valence-corrected chi connectivity index (χ2v) is 3.97. The van der Waals surface area contributed by atoms with Crippen LogP contribution in [0.5, 0.6) is 0 Å². The van der Waals surface area contributed by atoms with Crippen LogP contribution in [0.4, 0.5) is 24.5 Å². The van der Waals surface area contributed by atoms with Gasteiger partial charge in [0, 0.05) is 13.1 Å². The zero-order valence-electron chi connectivity index (χ0n) is 9.54. The van der Waals surface area contributed by atoms with E-state index < -0.39 is 11.7 Å². The summed E-state index contributed by atoms with van der Waals surface area (Å²) in [5.41, 5.74) is 5.89. The Hall–Kier alpha value is -0.810. The zero-order valence-corrected chi connectivity index (χ0v) is 11.2. The highest BCUT2D eigenvalue weighted by atomic mass is 35.5. The summed E-state index contributed by atoms with van der Waals surface area (Å²) in [4.78, 5) is 2.02. The van der Waals surface area contributed by atoms with Crippen molar-refractivity contribution in [2.45, 2.75) is 19.0 Å². The lowest BCUT2D eigenvalue weighted by atomic mass is 10.1. The second kappa shape index (κ2) is 6.38. The number of hydrogen-bond donors (Lipinski definition) is 1. The maximum Gasteiger partial charge on any atom is 0.416 e. The fraction of sp³-hybridized carbons (Fsp3) is 0.455. The molecule has 0 unspecified atom stereocenters. The predicted molar refractivity (Wildman–Crippen MR) is 71.8 cm³/mol. The monoisotopic (exact) mass is 302 g/mol. The minimum Gasteiger partial charge on any atom is -0.397 e. The minimum atomic E-state index is -4.32. The van der Waals surface area contributed by atoms with E-state index in [-0.39, 0.29) is 30.5 Å². The molecule has 0 radical (unpaired) electrons. The van der Waals surface area contributed by atoms with E-state index in [1.165, 1.54) is 6.07 Å². The van der Waals surface area contributed by atoms with Crippen molar-refractivity contribution >= 4 is 36.2 Å². The molecule has 0 spiro atoms. The molecule has 0 atom stereocenters. The molecule has 0 aromatic heterocycles. The van der Waals surface area contributed by atoms with Crippen molar-refractivity contribution < 1.29 is 13.2 Å². The van der Waals surface area contributed by atoms with Crippen molar-refractivity contribution in [3.05, 3.63) is 23.8 Å². The van der Waals surface area contributed by atoms with Gasteiger partial charge in [0.05, 0.1) is 16.9 Å². The highest BCUT2D eigenvalue weighted by Gasteiger charge is 2.31. The lowest BCUT2D eigenvalue weighted by molar-refractivity contribution is -0.137. The van der Waals surface area contributed by atoms with E-state index in [9.17, 15) is 13.2 Å². The number of nitrogens with zero attached hydrogens (tertiary/aromatic N) is 1. The molecule has 1 aliphatic heterocycles. The van der Waals surface area contributed by atoms with E-state index in [4.69, 9.17) is 5.73 Å². The molecule has 1 saturated heterocycles. The van der Waals surface area contributed by atoms with Gasteiger partial charge in [0.25, 0.3) is 0 Å². The summed E-state index contributed by atoms with van der Waals surface area (Å²) in [6.07, 6.45) is -2.18. The molecule has 0 aliphatic carbocycles. The summed E-state index contributed by atoms with van der Waals surface area (Å²) in [5, 5.41) is 0. The summed E-state index contributed by atoms with van der Waals surface area (Å²) in [6.45, 7) is 1.74. The number of hydrogen-bond acceptors (Lipinski definition) is 2. The summed E-state index contributed by atoms with van der Waals surface area (Å²) < 4.78 is 37.2. The molecule has 1 aromatic rings. The molecule has 1 heterocycles.